The van der Waals surface area contributed by atoms with Gasteiger partial charge in [0, 0.05) is 18.8 Å². The van der Waals surface area contributed by atoms with Crippen LogP contribution in [0.1, 0.15) is 17.3 Å². The molecule has 0 radical (unpaired) electrons. The van der Waals surface area contributed by atoms with E-state index in [4.69, 9.17) is 4.74 Å². The first-order valence-corrected chi connectivity index (χ1v) is 6.90. The zero-order valence-corrected chi connectivity index (χ0v) is 12.3. The summed E-state index contributed by atoms with van der Waals surface area (Å²) in [5.41, 5.74) is 1.000. The number of amides is 1. The zero-order chi connectivity index (χ0) is 15.2. The van der Waals surface area contributed by atoms with E-state index in [2.05, 4.69) is 10.1 Å². The van der Waals surface area contributed by atoms with Crippen LogP contribution in [0, 0.1) is 0 Å². The number of nitrogens with zero attached hydrogens (tertiary/aromatic N) is 1. The average Bonchev–Trinajstić information content (AvgIpc) is 2.46. The summed E-state index contributed by atoms with van der Waals surface area (Å²) in [5, 5.41) is 2.79. The fraction of sp³-hybridized carbons (Fsp3) is 0.467. The van der Waals surface area contributed by atoms with Crippen LogP contribution in [0.3, 0.4) is 0 Å². The maximum Gasteiger partial charge on any atom is 0.337 e. The number of carbonyl (C=O) groups is 2. The number of anilines is 1. The Balaban J connectivity index is 1.91. The van der Waals surface area contributed by atoms with Gasteiger partial charge in [-0.15, -0.1) is 0 Å². The third kappa shape index (κ3) is 4.54. The Hall–Kier alpha value is -1.92. The van der Waals surface area contributed by atoms with Crippen molar-refractivity contribution in [3.8, 4) is 0 Å². The minimum Gasteiger partial charge on any atom is -0.465 e. The van der Waals surface area contributed by atoms with Gasteiger partial charge in [-0.25, -0.2) is 4.79 Å². The first-order chi connectivity index (χ1) is 10.1. The fourth-order valence-corrected chi connectivity index (χ4v) is 2.28. The van der Waals surface area contributed by atoms with Crippen molar-refractivity contribution < 1.29 is 19.1 Å². The molecule has 1 N–H and O–H groups in total. The zero-order valence-electron chi connectivity index (χ0n) is 12.3. The highest BCUT2D eigenvalue weighted by atomic mass is 16.5. The number of nitrogens with one attached hydrogen (secondary N) is 1. The third-order valence-corrected chi connectivity index (χ3v) is 3.26. The van der Waals surface area contributed by atoms with Gasteiger partial charge < -0.3 is 14.8 Å². The monoisotopic (exact) mass is 292 g/mol. The Morgan fingerprint density at radius 2 is 2.29 bits per heavy atom. The average molecular weight is 292 g/mol. The van der Waals surface area contributed by atoms with Gasteiger partial charge in [-0.1, -0.05) is 6.07 Å². The molecule has 1 aromatic rings. The minimum atomic E-state index is -0.423. The molecule has 1 unspecified atom stereocenters. The maximum absolute atomic E-state index is 12.0. The van der Waals surface area contributed by atoms with Crippen molar-refractivity contribution in [1.82, 2.24) is 4.90 Å². The summed E-state index contributed by atoms with van der Waals surface area (Å²) in [4.78, 5) is 25.5. The lowest BCUT2D eigenvalue weighted by molar-refractivity contribution is -0.119. The number of hydrogen-bond acceptors (Lipinski definition) is 5. The highest BCUT2D eigenvalue weighted by Gasteiger charge is 2.19. The summed E-state index contributed by atoms with van der Waals surface area (Å²) < 4.78 is 10.1. The molecule has 21 heavy (non-hydrogen) atoms. The van der Waals surface area contributed by atoms with E-state index in [1.165, 1.54) is 7.11 Å². The van der Waals surface area contributed by atoms with Gasteiger partial charge in [-0.2, -0.15) is 0 Å². The standard InChI is InChI=1S/C15H20N2O4/c1-11-9-17(6-7-21-11)10-14(18)16-13-5-3-4-12(8-13)15(19)20-2/h3-5,8,11H,6-7,9-10H2,1-2H3,(H,16,18). The molecule has 1 amide bonds. The molecular weight excluding hydrogens is 272 g/mol. The van der Waals surface area contributed by atoms with E-state index in [1.807, 2.05) is 11.8 Å². The lowest BCUT2D eigenvalue weighted by Gasteiger charge is -2.30. The van der Waals surface area contributed by atoms with Crippen LogP contribution in [0.5, 0.6) is 0 Å². The van der Waals surface area contributed by atoms with Crippen molar-refractivity contribution in [2.75, 3.05) is 38.7 Å². The summed E-state index contributed by atoms with van der Waals surface area (Å²) >= 11 is 0. The molecule has 1 atom stereocenters. The highest BCUT2D eigenvalue weighted by Crippen LogP contribution is 2.12. The first-order valence-electron chi connectivity index (χ1n) is 6.90. The van der Waals surface area contributed by atoms with E-state index >= 15 is 0 Å². The normalized spacial score (nSPS) is 19.0. The van der Waals surface area contributed by atoms with Gasteiger partial charge >= 0.3 is 5.97 Å². The maximum atomic E-state index is 12.0. The van der Waals surface area contributed by atoms with E-state index < -0.39 is 5.97 Å². The van der Waals surface area contributed by atoms with E-state index in [0.717, 1.165) is 13.1 Å². The summed E-state index contributed by atoms with van der Waals surface area (Å²) in [7, 11) is 1.33. The summed E-state index contributed by atoms with van der Waals surface area (Å²) in [5.74, 6) is -0.529. The number of morpholine rings is 1. The topological polar surface area (TPSA) is 67.9 Å². The minimum absolute atomic E-state index is 0.105. The van der Waals surface area contributed by atoms with Gasteiger partial charge in [-0.3, -0.25) is 9.69 Å². The van der Waals surface area contributed by atoms with Gasteiger partial charge in [0.05, 0.1) is 31.9 Å². The number of rotatable bonds is 4. The molecule has 0 aliphatic carbocycles. The first kappa shape index (κ1) is 15.5. The summed E-state index contributed by atoms with van der Waals surface area (Å²) in [6, 6.07) is 6.70. The van der Waals surface area contributed by atoms with Crippen molar-refractivity contribution in [2.24, 2.45) is 0 Å². The Bertz CT molecular complexity index is 518. The summed E-state index contributed by atoms with van der Waals surface area (Å²) in [6.45, 7) is 4.45. The Labute approximate surface area is 124 Å². The third-order valence-electron chi connectivity index (χ3n) is 3.26. The van der Waals surface area contributed by atoms with Gasteiger partial charge in [-0.05, 0) is 25.1 Å². The summed E-state index contributed by atoms with van der Waals surface area (Å²) in [6.07, 6.45) is 0.147. The van der Waals surface area contributed by atoms with Crippen LogP contribution in [-0.2, 0) is 14.3 Å². The smallest absolute Gasteiger partial charge is 0.337 e. The van der Waals surface area contributed by atoms with Crippen LogP contribution in [0.25, 0.3) is 0 Å². The Kier molecular flexibility index (Phi) is 5.30. The van der Waals surface area contributed by atoms with Crippen LogP contribution in [0.4, 0.5) is 5.69 Å². The molecule has 1 aliphatic heterocycles. The van der Waals surface area contributed by atoms with Gasteiger partial charge in [0.15, 0.2) is 0 Å². The van der Waals surface area contributed by atoms with Crippen LogP contribution in [0.15, 0.2) is 24.3 Å². The van der Waals surface area contributed by atoms with Crippen LogP contribution < -0.4 is 5.32 Å². The molecule has 0 spiro atoms. The SMILES string of the molecule is COC(=O)c1cccc(NC(=O)CN2CCOC(C)C2)c1. The Morgan fingerprint density at radius 3 is 3.00 bits per heavy atom. The molecule has 1 fully saturated rings. The number of esters is 1. The van der Waals surface area contributed by atoms with Crippen LogP contribution in [0.2, 0.25) is 0 Å². The lowest BCUT2D eigenvalue weighted by Crippen LogP contribution is -2.44. The Morgan fingerprint density at radius 1 is 1.48 bits per heavy atom. The molecule has 1 aromatic carbocycles. The molecule has 6 heteroatoms. The second kappa shape index (κ2) is 7.19. The van der Waals surface area contributed by atoms with E-state index in [-0.39, 0.29) is 12.0 Å². The van der Waals surface area contributed by atoms with Crippen LogP contribution in [-0.4, -0.2) is 56.2 Å². The molecule has 1 saturated heterocycles. The predicted molar refractivity (Wildman–Crippen MR) is 78.3 cm³/mol. The second-order valence-electron chi connectivity index (χ2n) is 5.04. The van der Waals surface area contributed by atoms with Crippen molar-refractivity contribution in [2.45, 2.75) is 13.0 Å². The van der Waals surface area contributed by atoms with Crippen molar-refractivity contribution in [3.63, 3.8) is 0 Å². The van der Waals surface area contributed by atoms with E-state index in [0.29, 0.717) is 24.4 Å². The molecule has 2 rings (SSSR count). The molecule has 0 bridgehead atoms. The van der Waals surface area contributed by atoms with Gasteiger partial charge in [0.2, 0.25) is 5.91 Å². The number of hydrogen-bond donors (Lipinski definition) is 1. The molecule has 1 heterocycles. The molecule has 6 nitrogen and oxygen atoms in total. The number of ether oxygens (including phenoxy) is 2. The number of methoxy groups -OCH3 is 1. The van der Waals surface area contributed by atoms with Gasteiger partial charge in [0.25, 0.3) is 0 Å². The second-order valence-corrected chi connectivity index (χ2v) is 5.04. The quantitative estimate of drug-likeness (QED) is 0.843. The largest absolute Gasteiger partial charge is 0.465 e. The fourth-order valence-electron chi connectivity index (χ4n) is 2.28. The number of carbonyl (C=O) groups excluding carboxylic acids is 2. The van der Waals surface area contributed by atoms with Crippen molar-refractivity contribution >= 4 is 17.6 Å². The molecule has 0 saturated carbocycles. The molecule has 114 valence electrons. The van der Waals surface area contributed by atoms with Crippen molar-refractivity contribution in [1.29, 1.82) is 0 Å². The molecular formula is C15H20N2O4. The number of benzene rings is 1. The molecule has 0 aromatic heterocycles. The highest BCUT2D eigenvalue weighted by molar-refractivity contribution is 5.95. The predicted octanol–water partition coefficient (Wildman–Crippen LogP) is 1.13. The van der Waals surface area contributed by atoms with E-state index in [1.54, 1.807) is 24.3 Å². The van der Waals surface area contributed by atoms with Crippen molar-refractivity contribution in [3.05, 3.63) is 29.8 Å². The lowest BCUT2D eigenvalue weighted by atomic mass is 10.2. The molecule has 1 aliphatic rings. The van der Waals surface area contributed by atoms with E-state index in [9.17, 15) is 9.59 Å². The van der Waals surface area contributed by atoms with Gasteiger partial charge in [0.1, 0.15) is 0 Å². The van der Waals surface area contributed by atoms with Crippen LogP contribution >= 0.6 is 0 Å².